The molecule has 5 rings (SSSR count). The standard InChI is InChI=1S/C33H30Br2N2O6S/c1-5-41-25-13-9-21(10-14-25)29-28(32(39)42-6-2)19(3)36-33-37(29)31(38)27(44-33)16-22-15-24(35)17-26(40-4)30(22)43-18-20-7-11-23(34)12-8-20/h7-17,29H,5-6,18H2,1-4H3/b27-16-/t29-/m0/s1. The largest absolute Gasteiger partial charge is 0.494 e. The van der Waals surface area contributed by atoms with Gasteiger partial charge in [0, 0.05) is 14.5 Å². The molecule has 11 heteroatoms. The summed E-state index contributed by atoms with van der Waals surface area (Å²) < 4.78 is 26.7. The van der Waals surface area contributed by atoms with Crippen LogP contribution in [0.1, 0.15) is 43.5 Å². The Labute approximate surface area is 275 Å². The molecule has 0 unspecified atom stereocenters. The van der Waals surface area contributed by atoms with Crippen molar-refractivity contribution in [2.75, 3.05) is 20.3 Å². The van der Waals surface area contributed by atoms with E-state index in [0.29, 0.717) is 56.6 Å². The van der Waals surface area contributed by atoms with E-state index < -0.39 is 12.0 Å². The highest BCUT2D eigenvalue weighted by Gasteiger charge is 2.33. The number of nitrogens with zero attached hydrogens (tertiary/aromatic N) is 2. The second kappa shape index (κ2) is 14.0. The highest BCUT2D eigenvalue weighted by Crippen LogP contribution is 2.36. The summed E-state index contributed by atoms with van der Waals surface area (Å²) in [5, 5.41) is 0. The number of hydrogen-bond acceptors (Lipinski definition) is 8. The topological polar surface area (TPSA) is 88.4 Å². The maximum atomic E-state index is 14.2. The average Bonchev–Trinajstić information content (AvgIpc) is 3.31. The van der Waals surface area contributed by atoms with Crippen LogP contribution in [0.25, 0.3) is 6.08 Å². The van der Waals surface area contributed by atoms with Gasteiger partial charge in [0.25, 0.3) is 5.56 Å². The fourth-order valence-electron chi connectivity index (χ4n) is 4.90. The van der Waals surface area contributed by atoms with Gasteiger partial charge in [0.1, 0.15) is 12.4 Å². The van der Waals surface area contributed by atoms with Gasteiger partial charge in [-0.25, -0.2) is 9.79 Å². The summed E-state index contributed by atoms with van der Waals surface area (Å²) in [6, 6.07) is 18.2. The van der Waals surface area contributed by atoms with E-state index in [1.54, 1.807) is 31.6 Å². The zero-order chi connectivity index (χ0) is 31.4. The van der Waals surface area contributed by atoms with Crippen molar-refractivity contribution in [3.05, 3.63) is 117 Å². The van der Waals surface area contributed by atoms with E-state index >= 15 is 0 Å². The first-order valence-electron chi connectivity index (χ1n) is 13.9. The molecule has 8 nitrogen and oxygen atoms in total. The molecular formula is C33H30Br2N2O6S. The Bertz CT molecular complexity index is 1900. The van der Waals surface area contributed by atoms with Crippen molar-refractivity contribution in [3.63, 3.8) is 0 Å². The van der Waals surface area contributed by atoms with Crippen LogP contribution in [-0.2, 0) is 16.1 Å². The number of carbonyl (C=O) groups is 1. The molecule has 0 aliphatic carbocycles. The van der Waals surface area contributed by atoms with Gasteiger partial charge < -0.3 is 18.9 Å². The Morgan fingerprint density at radius 1 is 1.00 bits per heavy atom. The first-order valence-corrected chi connectivity index (χ1v) is 16.3. The summed E-state index contributed by atoms with van der Waals surface area (Å²) in [4.78, 5) is 32.5. The van der Waals surface area contributed by atoms with Crippen LogP contribution in [0.4, 0.5) is 0 Å². The third kappa shape index (κ3) is 6.69. The molecule has 4 aromatic rings. The molecule has 0 saturated carbocycles. The Balaban J connectivity index is 1.64. The van der Waals surface area contributed by atoms with E-state index in [-0.39, 0.29) is 12.2 Å². The number of fused-ring (bicyclic) bond motifs is 1. The van der Waals surface area contributed by atoms with Gasteiger partial charge in [0.05, 0.1) is 42.2 Å². The SMILES string of the molecule is CCOC(=O)C1=C(C)N=c2s/c(=C\c3cc(Br)cc(OC)c3OCc3ccc(Br)cc3)c(=O)n2[C@H]1c1ccc(OCC)cc1. The van der Waals surface area contributed by atoms with Crippen LogP contribution in [-0.4, -0.2) is 30.9 Å². The number of halogens is 2. The maximum Gasteiger partial charge on any atom is 0.338 e. The maximum absolute atomic E-state index is 14.2. The second-order valence-corrected chi connectivity index (χ2v) is 12.6. The van der Waals surface area contributed by atoms with Crippen LogP contribution < -0.4 is 29.1 Å². The van der Waals surface area contributed by atoms with Crippen molar-refractivity contribution in [2.45, 2.75) is 33.4 Å². The minimum Gasteiger partial charge on any atom is -0.494 e. The van der Waals surface area contributed by atoms with Crippen molar-refractivity contribution in [3.8, 4) is 17.2 Å². The molecular weight excluding hydrogens is 712 g/mol. The van der Waals surface area contributed by atoms with Gasteiger partial charge in [0.15, 0.2) is 16.3 Å². The average molecular weight is 742 g/mol. The van der Waals surface area contributed by atoms with Crippen LogP contribution >= 0.6 is 43.2 Å². The van der Waals surface area contributed by atoms with Crippen molar-refractivity contribution in [1.82, 2.24) is 4.57 Å². The number of ether oxygens (including phenoxy) is 4. The highest BCUT2D eigenvalue weighted by atomic mass is 79.9. The third-order valence-corrected chi connectivity index (χ3v) is 8.84. The lowest BCUT2D eigenvalue weighted by Gasteiger charge is -2.24. The summed E-state index contributed by atoms with van der Waals surface area (Å²) in [5.41, 5.74) is 2.88. The lowest BCUT2D eigenvalue weighted by Crippen LogP contribution is -2.39. The summed E-state index contributed by atoms with van der Waals surface area (Å²) in [7, 11) is 1.57. The van der Waals surface area contributed by atoms with Crippen LogP contribution in [0, 0.1) is 0 Å². The molecule has 1 aliphatic rings. The fourth-order valence-corrected chi connectivity index (χ4v) is 6.66. The van der Waals surface area contributed by atoms with E-state index in [1.165, 1.54) is 11.3 Å². The van der Waals surface area contributed by atoms with Gasteiger partial charge in [-0.3, -0.25) is 9.36 Å². The first-order chi connectivity index (χ1) is 21.2. The lowest BCUT2D eigenvalue weighted by atomic mass is 9.96. The number of hydrogen-bond donors (Lipinski definition) is 0. The van der Waals surface area contributed by atoms with Crippen LogP contribution in [0.15, 0.2) is 90.7 Å². The van der Waals surface area contributed by atoms with Gasteiger partial charge in [0.2, 0.25) is 0 Å². The molecule has 0 fully saturated rings. The van der Waals surface area contributed by atoms with E-state index in [4.69, 9.17) is 18.9 Å². The molecule has 0 spiro atoms. The zero-order valence-electron chi connectivity index (χ0n) is 24.6. The minimum atomic E-state index is -0.728. The molecule has 0 saturated heterocycles. The van der Waals surface area contributed by atoms with Crippen LogP contribution in [0.5, 0.6) is 17.2 Å². The van der Waals surface area contributed by atoms with Gasteiger partial charge >= 0.3 is 5.97 Å². The van der Waals surface area contributed by atoms with Crippen LogP contribution in [0.2, 0.25) is 0 Å². The first kappa shape index (κ1) is 31.7. The molecule has 1 aromatic heterocycles. The van der Waals surface area contributed by atoms with Gasteiger partial charge in [-0.15, -0.1) is 0 Å². The highest BCUT2D eigenvalue weighted by molar-refractivity contribution is 9.10. The smallest absolute Gasteiger partial charge is 0.338 e. The molecule has 0 N–H and O–H groups in total. The van der Waals surface area contributed by atoms with Crippen molar-refractivity contribution < 1.29 is 23.7 Å². The Morgan fingerprint density at radius 3 is 2.39 bits per heavy atom. The summed E-state index contributed by atoms with van der Waals surface area (Å²) >= 11 is 8.26. The summed E-state index contributed by atoms with van der Waals surface area (Å²) in [6.45, 7) is 6.44. The van der Waals surface area contributed by atoms with Gasteiger partial charge in [-0.1, -0.05) is 67.5 Å². The Kier molecular flexibility index (Phi) is 10.1. The molecule has 1 atom stereocenters. The number of rotatable bonds is 10. The van der Waals surface area contributed by atoms with Crippen molar-refractivity contribution in [1.29, 1.82) is 0 Å². The number of esters is 1. The molecule has 3 aromatic carbocycles. The molecule has 228 valence electrons. The van der Waals surface area contributed by atoms with Gasteiger partial charge in [-0.2, -0.15) is 0 Å². The van der Waals surface area contributed by atoms with Crippen molar-refractivity contribution >= 4 is 55.2 Å². The molecule has 1 aliphatic heterocycles. The second-order valence-electron chi connectivity index (χ2n) is 9.75. The Morgan fingerprint density at radius 2 is 1.73 bits per heavy atom. The summed E-state index contributed by atoms with van der Waals surface area (Å²) in [5.74, 6) is 1.20. The number of methoxy groups -OCH3 is 1. The normalized spacial score (nSPS) is 14.6. The third-order valence-electron chi connectivity index (χ3n) is 6.88. The van der Waals surface area contributed by atoms with Crippen LogP contribution in [0.3, 0.4) is 0 Å². The van der Waals surface area contributed by atoms with E-state index in [2.05, 4.69) is 36.9 Å². The number of allylic oxidation sites excluding steroid dienone is 1. The van der Waals surface area contributed by atoms with E-state index in [9.17, 15) is 9.59 Å². The summed E-state index contributed by atoms with van der Waals surface area (Å²) in [6.07, 6.45) is 1.77. The van der Waals surface area contributed by atoms with E-state index in [0.717, 1.165) is 20.1 Å². The molecule has 0 radical (unpaired) electrons. The zero-order valence-corrected chi connectivity index (χ0v) is 28.5. The molecule has 0 bridgehead atoms. The van der Waals surface area contributed by atoms with E-state index in [1.807, 2.05) is 67.6 Å². The molecule has 0 amide bonds. The van der Waals surface area contributed by atoms with Gasteiger partial charge in [-0.05, 0) is 74.4 Å². The predicted octanol–water partition coefficient (Wildman–Crippen LogP) is 6.31. The predicted molar refractivity (Wildman–Crippen MR) is 177 cm³/mol. The lowest BCUT2D eigenvalue weighted by molar-refractivity contribution is -0.139. The number of carbonyl (C=O) groups excluding carboxylic acids is 1. The quantitative estimate of drug-likeness (QED) is 0.177. The monoisotopic (exact) mass is 740 g/mol. The Hall–Kier alpha value is -3.67. The molecule has 2 heterocycles. The molecule has 44 heavy (non-hydrogen) atoms. The fraction of sp³-hybridized carbons (Fsp3) is 0.242. The minimum absolute atomic E-state index is 0.198. The van der Waals surface area contributed by atoms with Crippen molar-refractivity contribution in [2.24, 2.45) is 4.99 Å². The number of aromatic nitrogens is 1. The number of benzene rings is 3. The number of thiazole rings is 1.